The van der Waals surface area contributed by atoms with Crippen LogP contribution in [0.3, 0.4) is 0 Å². The first-order valence-corrected chi connectivity index (χ1v) is 7.63. The number of hydrogen-bond donors (Lipinski definition) is 1. The van der Waals surface area contributed by atoms with Crippen LogP contribution < -0.4 is 0 Å². The van der Waals surface area contributed by atoms with Gasteiger partial charge in [0.25, 0.3) is 0 Å². The van der Waals surface area contributed by atoms with E-state index in [4.69, 9.17) is 0 Å². The van der Waals surface area contributed by atoms with Crippen LogP contribution in [0.2, 0.25) is 0 Å². The van der Waals surface area contributed by atoms with Gasteiger partial charge in [0, 0.05) is 0 Å². The first-order valence-electron chi connectivity index (χ1n) is 5.98. The van der Waals surface area contributed by atoms with Crippen molar-refractivity contribution in [1.82, 2.24) is 0 Å². The van der Waals surface area contributed by atoms with Gasteiger partial charge in [0.2, 0.25) is 0 Å². The van der Waals surface area contributed by atoms with E-state index in [0.717, 1.165) is 6.42 Å². The Morgan fingerprint density at radius 3 is 2.00 bits per heavy atom. The summed E-state index contributed by atoms with van der Waals surface area (Å²) in [5, 5.41) is 9.57. The zero-order valence-corrected chi connectivity index (χ0v) is 12.0. The second-order valence-electron chi connectivity index (χ2n) is 5.74. The number of aliphatic hydroxyl groups is 1. The summed E-state index contributed by atoms with van der Waals surface area (Å²) in [6, 6.07) is 0. The summed E-state index contributed by atoms with van der Waals surface area (Å²) < 4.78 is 22.9. The highest BCUT2D eigenvalue weighted by molar-refractivity contribution is 7.92. The van der Waals surface area contributed by atoms with Crippen LogP contribution in [0.1, 0.15) is 53.9 Å². The second-order valence-corrected chi connectivity index (χ2v) is 8.60. The summed E-state index contributed by atoms with van der Waals surface area (Å²) in [6.07, 6.45) is 1.80. The van der Waals surface area contributed by atoms with Crippen molar-refractivity contribution in [2.45, 2.75) is 64.7 Å². The van der Waals surface area contributed by atoms with E-state index in [9.17, 15) is 13.5 Å². The lowest BCUT2D eigenvalue weighted by Crippen LogP contribution is -2.30. The standard InChI is InChI=1S/C12H26O3S/c1-10(2)11(13)8-6-7-9-16(14,15)12(3,4)5/h10-11,13H,6-9H2,1-5H3. The molecular weight excluding hydrogens is 224 g/mol. The van der Waals surface area contributed by atoms with E-state index < -0.39 is 14.6 Å². The van der Waals surface area contributed by atoms with E-state index in [2.05, 4.69) is 0 Å². The van der Waals surface area contributed by atoms with Gasteiger partial charge in [0.1, 0.15) is 0 Å². The van der Waals surface area contributed by atoms with Gasteiger partial charge in [-0.3, -0.25) is 0 Å². The minimum Gasteiger partial charge on any atom is -0.393 e. The van der Waals surface area contributed by atoms with Gasteiger partial charge in [-0.1, -0.05) is 13.8 Å². The number of hydrogen-bond acceptors (Lipinski definition) is 3. The van der Waals surface area contributed by atoms with E-state index in [-0.39, 0.29) is 17.8 Å². The van der Waals surface area contributed by atoms with Crippen LogP contribution in [0.5, 0.6) is 0 Å². The van der Waals surface area contributed by atoms with Crippen LogP contribution in [0.25, 0.3) is 0 Å². The Bertz CT molecular complexity index is 286. The second kappa shape index (κ2) is 6.01. The molecule has 0 spiro atoms. The van der Waals surface area contributed by atoms with Gasteiger partial charge in [-0.05, 0) is 46.0 Å². The van der Waals surface area contributed by atoms with Crippen molar-refractivity contribution in [2.24, 2.45) is 5.92 Å². The molecule has 1 N–H and O–H groups in total. The summed E-state index contributed by atoms with van der Waals surface area (Å²) >= 11 is 0. The van der Waals surface area contributed by atoms with Gasteiger partial charge in [0.15, 0.2) is 9.84 Å². The lowest BCUT2D eigenvalue weighted by molar-refractivity contribution is 0.114. The van der Waals surface area contributed by atoms with Gasteiger partial charge < -0.3 is 5.11 Å². The van der Waals surface area contributed by atoms with Gasteiger partial charge in [-0.25, -0.2) is 8.42 Å². The normalized spacial score (nSPS) is 15.4. The Hall–Kier alpha value is -0.0900. The van der Waals surface area contributed by atoms with Crippen LogP contribution in [0, 0.1) is 5.92 Å². The Labute approximate surface area is 100 Å². The van der Waals surface area contributed by atoms with Gasteiger partial charge >= 0.3 is 0 Å². The molecule has 0 aliphatic heterocycles. The molecule has 1 unspecified atom stereocenters. The Balaban J connectivity index is 3.93. The third-order valence-corrected chi connectivity index (χ3v) is 5.56. The molecule has 0 radical (unpaired) electrons. The van der Waals surface area contributed by atoms with Crippen molar-refractivity contribution in [3.63, 3.8) is 0 Å². The fourth-order valence-electron chi connectivity index (χ4n) is 1.29. The molecule has 0 bridgehead atoms. The van der Waals surface area contributed by atoms with Crippen molar-refractivity contribution in [3.05, 3.63) is 0 Å². The average Bonchev–Trinajstić information content (AvgIpc) is 2.09. The van der Waals surface area contributed by atoms with Crippen LogP contribution in [0.4, 0.5) is 0 Å². The molecular formula is C12H26O3S. The van der Waals surface area contributed by atoms with Crippen molar-refractivity contribution in [1.29, 1.82) is 0 Å². The van der Waals surface area contributed by atoms with Crippen molar-refractivity contribution in [2.75, 3.05) is 5.75 Å². The lowest BCUT2D eigenvalue weighted by Gasteiger charge is -2.19. The quantitative estimate of drug-likeness (QED) is 0.736. The molecule has 0 saturated heterocycles. The van der Waals surface area contributed by atoms with Crippen LogP contribution in [0.15, 0.2) is 0 Å². The van der Waals surface area contributed by atoms with E-state index in [0.29, 0.717) is 12.8 Å². The minimum absolute atomic E-state index is 0.224. The predicted octanol–water partition coefficient (Wildman–Crippen LogP) is 2.39. The van der Waals surface area contributed by atoms with Crippen molar-refractivity contribution in [3.8, 4) is 0 Å². The molecule has 0 aliphatic rings. The van der Waals surface area contributed by atoms with Crippen LogP contribution in [-0.4, -0.2) is 30.1 Å². The summed E-state index contributed by atoms with van der Waals surface area (Å²) in [5.41, 5.74) is 0. The highest BCUT2D eigenvalue weighted by Crippen LogP contribution is 2.18. The minimum atomic E-state index is -3.00. The summed E-state index contributed by atoms with van der Waals surface area (Å²) in [6.45, 7) is 9.12. The van der Waals surface area contributed by atoms with Crippen LogP contribution >= 0.6 is 0 Å². The SMILES string of the molecule is CC(C)C(O)CCCCS(=O)(=O)C(C)(C)C. The molecule has 1 atom stereocenters. The maximum Gasteiger partial charge on any atom is 0.155 e. The lowest BCUT2D eigenvalue weighted by atomic mass is 10.0. The molecule has 4 heteroatoms. The first-order chi connectivity index (χ1) is 7.08. The third kappa shape index (κ3) is 5.30. The van der Waals surface area contributed by atoms with E-state index in [1.165, 1.54) is 0 Å². The fraction of sp³-hybridized carbons (Fsp3) is 1.00. The van der Waals surface area contributed by atoms with E-state index >= 15 is 0 Å². The maximum atomic E-state index is 11.8. The zero-order chi connectivity index (χ0) is 13.0. The maximum absolute atomic E-state index is 11.8. The Morgan fingerprint density at radius 1 is 1.12 bits per heavy atom. The molecule has 0 saturated carbocycles. The number of unbranched alkanes of at least 4 members (excludes halogenated alkanes) is 1. The largest absolute Gasteiger partial charge is 0.393 e. The molecule has 98 valence electrons. The Kier molecular flexibility index (Phi) is 5.98. The fourth-order valence-corrected chi connectivity index (χ4v) is 2.48. The molecule has 3 nitrogen and oxygen atoms in total. The third-order valence-electron chi connectivity index (χ3n) is 2.87. The molecule has 0 aromatic rings. The zero-order valence-electron chi connectivity index (χ0n) is 11.2. The molecule has 0 aliphatic carbocycles. The topological polar surface area (TPSA) is 54.4 Å². The van der Waals surface area contributed by atoms with Gasteiger partial charge in [-0.15, -0.1) is 0 Å². The average molecular weight is 250 g/mol. The summed E-state index contributed by atoms with van der Waals surface area (Å²) in [5.74, 6) is 0.473. The summed E-state index contributed by atoms with van der Waals surface area (Å²) in [4.78, 5) is 0. The number of sulfone groups is 1. The Morgan fingerprint density at radius 2 is 1.62 bits per heavy atom. The highest BCUT2D eigenvalue weighted by atomic mass is 32.2. The molecule has 0 aromatic heterocycles. The molecule has 0 amide bonds. The molecule has 0 aromatic carbocycles. The smallest absolute Gasteiger partial charge is 0.155 e. The van der Waals surface area contributed by atoms with Crippen molar-refractivity contribution < 1.29 is 13.5 Å². The van der Waals surface area contributed by atoms with E-state index in [1.807, 2.05) is 13.8 Å². The number of rotatable bonds is 6. The van der Waals surface area contributed by atoms with Crippen LogP contribution in [-0.2, 0) is 9.84 Å². The molecule has 16 heavy (non-hydrogen) atoms. The van der Waals surface area contributed by atoms with Gasteiger partial charge in [-0.2, -0.15) is 0 Å². The highest BCUT2D eigenvalue weighted by Gasteiger charge is 2.28. The summed E-state index contributed by atoms with van der Waals surface area (Å²) in [7, 11) is -3.00. The predicted molar refractivity (Wildman–Crippen MR) is 68.2 cm³/mol. The first kappa shape index (κ1) is 15.9. The van der Waals surface area contributed by atoms with Gasteiger partial charge in [0.05, 0.1) is 16.6 Å². The molecule has 0 fully saturated rings. The van der Waals surface area contributed by atoms with E-state index in [1.54, 1.807) is 20.8 Å². The monoisotopic (exact) mass is 250 g/mol. The van der Waals surface area contributed by atoms with Crippen molar-refractivity contribution >= 4 is 9.84 Å². The molecule has 0 rings (SSSR count). The molecule has 0 heterocycles. The number of aliphatic hydroxyl groups excluding tert-OH is 1.